The normalized spacial score (nSPS) is 11.3. The van der Waals surface area contributed by atoms with Gasteiger partial charge < -0.3 is 5.11 Å². The molecule has 0 aromatic carbocycles. The highest BCUT2D eigenvalue weighted by atomic mass is 33.1. The number of rotatable bonds is 4. The van der Waals surface area contributed by atoms with Crippen molar-refractivity contribution in [1.29, 1.82) is 0 Å². The first-order valence-corrected chi connectivity index (χ1v) is 5.29. The molecule has 10 heavy (non-hydrogen) atoms. The third-order valence-electron chi connectivity index (χ3n) is 0.531. The van der Waals surface area contributed by atoms with Crippen LogP contribution in [0.3, 0.4) is 0 Å². The van der Waals surface area contributed by atoms with Crippen molar-refractivity contribution < 1.29 is 22.5 Å². The molecule has 0 aromatic heterocycles. The number of hydrogen-bond acceptors (Lipinski definition) is 5. The molecule has 0 aromatic rings. The lowest BCUT2D eigenvalue weighted by Crippen LogP contribution is -2.10. The fraction of sp³-hybridized carbons (Fsp3) is 0.667. The van der Waals surface area contributed by atoms with E-state index in [4.69, 9.17) is 5.11 Å². The monoisotopic (exact) mass is 186 g/mol. The van der Waals surface area contributed by atoms with Gasteiger partial charge in [0.05, 0.1) is 0 Å². The molecule has 0 rings (SSSR count). The van der Waals surface area contributed by atoms with Crippen molar-refractivity contribution in [2.24, 2.45) is 0 Å². The molecule has 60 valence electrons. The quantitative estimate of drug-likeness (QED) is 0.607. The summed E-state index contributed by atoms with van der Waals surface area (Å²) < 4.78 is 24.7. The minimum Gasteiger partial charge on any atom is -0.479 e. The fourth-order valence-corrected chi connectivity index (χ4v) is 0.945. The van der Waals surface area contributed by atoms with E-state index in [9.17, 15) is 13.2 Å². The van der Waals surface area contributed by atoms with Gasteiger partial charge in [0.2, 0.25) is 0 Å². The van der Waals surface area contributed by atoms with Gasteiger partial charge in [-0.05, 0) is 17.0 Å². The Hall–Kier alpha value is -0.270. The van der Waals surface area contributed by atoms with Crippen molar-refractivity contribution in [3.05, 3.63) is 0 Å². The minimum atomic E-state index is -3.68. The third-order valence-corrected chi connectivity index (χ3v) is 2.86. The van der Waals surface area contributed by atoms with Gasteiger partial charge in [-0.2, -0.15) is 8.42 Å². The smallest absolute Gasteiger partial charge is 0.331 e. The van der Waals surface area contributed by atoms with Crippen LogP contribution in [0.5, 0.6) is 0 Å². The van der Waals surface area contributed by atoms with Gasteiger partial charge >= 0.3 is 15.1 Å². The zero-order valence-corrected chi connectivity index (χ0v) is 6.74. The van der Waals surface area contributed by atoms with Crippen molar-refractivity contribution in [3.63, 3.8) is 0 Å². The molecule has 0 aliphatic heterocycles. The summed E-state index contributed by atoms with van der Waals surface area (Å²) in [6.45, 7) is -0.816. The van der Waals surface area contributed by atoms with Gasteiger partial charge in [-0.3, -0.25) is 0 Å². The summed E-state index contributed by atoms with van der Waals surface area (Å²) in [6, 6.07) is 0. The van der Waals surface area contributed by atoms with E-state index in [1.807, 2.05) is 0 Å². The second kappa shape index (κ2) is 3.79. The second-order valence-electron chi connectivity index (χ2n) is 1.23. The number of aliphatic carboxylic acids is 1. The average Bonchev–Trinajstić information content (AvgIpc) is 1.85. The lowest BCUT2D eigenvalue weighted by Gasteiger charge is -1.96. The molecule has 7 heteroatoms. The van der Waals surface area contributed by atoms with E-state index < -0.39 is 21.7 Å². The Kier molecular flexibility index (Phi) is 3.69. The van der Waals surface area contributed by atoms with Crippen LogP contribution in [0.25, 0.3) is 0 Å². The molecular weight excluding hydrogens is 180 g/mol. The molecule has 0 aliphatic carbocycles. The van der Waals surface area contributed by atoms with E-state index in [1.165, 1.54) is 6.26 Å². The lowest BCUT2D eigenvalue weighted by molar-refractivity contribution is -0.139. The first-order valence-electron chi connectivity index (χ1n) is 2.14. The van der Waals surface area contributed by atoms with E-state index in [0.29, 0.717) is 10.8 Å². The van der Waals surface area contributed by atoms with Crippen LogP contribution in [0, 0.1) is 0 Å². The van der Waals surface area contributed by atoms with Gasteiger partial charge in [0.25, 0.3) is 0 Å². The maximum atomic E-state index is 10.4. The van der Waals surface area contributed by atoms with Crippen LogP contribution in [0.1, 0.15) is 0 Å². The molecule has 0 unspecified atom stereocenters. The first kappa shape index (κ1) is 9.73. The fourth-order valence-electron chi connectivity index (χ4n) is 0.171. The Labute approximate surface area is 61.9 Å². The van der Waals surface area contributed by atoms with Crippen LogP contribution in [0.4, 0.5) is 0 Å². The highest BCUT2D eigenvalue weighted by Gasteiger charge is 2.10. The summed E-state index contributed by atoms with van der Waals surface area (Å²) in [7, 11) is -3.22. The van der Waals surface area contributed by atoms with Crippen LogP contribution in [0.2, 0.25) is 0 Å². The molecule has 1 N–H and O–H groups in total. The molecule has 0 amide bonds. The average molecular weight is 186 g/mol. The van der Waals surface area contributed by atoms with Crippen LogP contribution >= 0.6 is 10.8 Å². The summed E-state index contributed by atoms with van der Waals surface area (Å²) in [4.78, 5) is 9.76. The Morgan fingerprint density at radius 3 is 2.50 bits per heavy atom. The molecule has 0 saturated carbocycles. The SMILES string of the molecule is CSS(=O)(=O)OCC(=O)O. The van der Waals surface area contributed by atoms with E-state index in [-0.39, 0.29) is 0 Å². The molecule has 0 radical (unpaired) electrons. The predicted octanol–water partition coefficient (Wildman–Crippen LogP) is -0.305. The highest BCUT2D eigenvalue weighted by molar-refractivity contribution is 8.70. The Balaban J connectivity index is 3.81. The van der Waals surface area contributed by atoms with Gasteiger partial charge in [-0.1, -0.05) is 0 Å². The number of carboxylic acid groups (broad SMARTS) is 1. The molecule has 0 heterocycles. The standard InChI is InChI=1S/C3H6O5S2/c1-9-10(6,7)8-2-3(4)5/h2H2,1H3,(H,4,5). The van der Waals surface area contributed by atoms with Crippen LogP contribution in [-0.4, -0.2) is 32.4 Å². The van der Waals surface area contributed by atoms with Crippen molar-refractivity contribution in [2.75, 3.05) is 12.9 Å². The third kappa shape index (κ3) is 4.59. The van der Waals surface area contributed by atoms with Gasteiger partial charge in [-0.25, -0.2) is 8.98 Å². The van der Waals surface area contributed by atoms with Crippen molar-refractivity contribution >= 4 is 25.9 Å². The molecule has 0 saturated heterocycles. The maximum absolute atomic E-state index is 10.4. The molecule has 0 atom stereocenters. The molecule has 0 bridgehead atoms. The Morgan fingerprint density at radius 1 is 1.70 bits per heavy atom. The van der Waals surface area contributed by atoms with Gasteiger partial charge in [-0.15, -0.1) is 0 Å². The Bertz CT molecular complexity index is 205. The van der Waals surface area contributed by atoms with Crippen molar-refractivity contribution in [1.82, 2.24) is 0 Å². The summed E-state index contributed by atoms with van der Waals surface area (Å²) >= 11 is 0. The lowest BCUT2D eigenvalue weighted by atomic mass is 10.8. The summed E-state index contributed by atoms with van der Waals surface area (Å²) in [5.74, 6) is -1.31. The number of carboxylic acids is 1. The summed E-state index contributed by atoms with van der Waals surface area (Å²) in [6.07, 6.45) is 1.29. The van der Waals surface area contributed by atoms with E-state index in [2.05, 4.69) is 4.18 Å². The maximum Gasteiger partial charge on any atom is 0.331 e. The second-order valence-corrected chi connectivity index (χ2v) is 4.84. The van der Waals surface area contributed by atoms with Crippen LogP contribution in [0.15, 0.2) is 0 Å². The number of carbonyl (C=O) groups is 1. The molecule has 0 spiro atoms. The molecular formula is C3H6O5S2. The molecule has 0 aliphatic rings. The molecule has 5 nitrogen and oxygen atoms in total. The zero-order valence-electron chi connectivity index (χ0n) is 5.10. The van der Waals surface area contributed by atoms with Gasteiger partial charge in [0, 0.05) is 0 Å². The van der Waals surface area contributed by atoms with E-state index >= 15 is 0 Å². The topological polar surface area (TPSA) is 80.7 Å². The van der Waals surface area contributed by atoms with Crippen LogP contribution in [-0.2, 0) is 18.1 Å². The predicted molar refractivity (Wildman–Crippen MR) is 36.0 cm³/mol. The number of hydrogen-bond donors (Lipinski definition) is 1. The van der Waals surface area contributed by atoms with Gasteiger partial charge in [0.1, 0.15) is 0 Å². The van der Waals surface area contributed by atoms with Crippen molar-refractivity contribution in [2.45, 2.75) is 0 Å². The largest absolute Gasteiger partial charge is 0.479 e. The van der Waals surface area contributed by atoms with E-state index in [0.717, 1.165) is 0 Å². The summed E-state index contributed by atoms with van der Waals surface area (Å²) in [5, 5.41) is 7.97. The van der Waals surface area contributed by atoms with Gasteiger partial charge in [0.15, 0.2) is 6.61 Å². The minimum absolute atomic E-state index is 0.456. The molecule has 0 fully saturated rings. The Morgan fingerprint density at radius 2 is 2.20 bits per heavy atom. The van der Waals surface area contributed by atoms with Crippen LogP contribution < -0.4 is 0 Å². The summed E-state index contributed by atoms with van der Waals surface area (Å²) in [5.41, 5.74) is 0. The highest BCUT2D eigenvalue weighted by Crippen LogP contribution is 2.08. The zero-order chi connectivity index (χ0) is 8.20. The first-order chi connectivity index (χ1) is 4.48. The van der Waals surface area contributed by atoms with Crippen molar-refractivity contribution in [3.8, 4) is 0 Å². The van der Waals surface area contributed by atoms with E-state index in [1.54, 1.807) is 0 Å².